The van der Waals surface area contributed by atoms with Crippen LogP contribution in [-0.2, 0) is 12.8 Å². The van der Waals surface area contributed by atoms with E-state index in [1.54, 1.807) is 17.6 Å². The summed E-state index contributed by atoms with van der Waals surface area (Å²) >= 11 is 1.26. The van der Waals surface area contributed by atoms with Gasteiger partial charge >= 0.3 is 0 Å². The number of benzene rings is 1. The highest BCUT2D eigenvalue weighted by atomic mass is 32.1. The number of rotatable bonds is 8. The summed E-state index contributed by atoms with van der Waals surface area (Å²) in [6, 6.07) is 11.5. The highest BCUT2D eigenvalue weighted by molar-refractivity contribution is 7.13. The summed E-state index contributed by atoms with van der Waals surface area (Å²) in [6.45, 7) is 2.70. The number of hydrogen-bond donors (Lipinski definition) is 2. The van der Waals surface area contributed by atoms with Crippen molar-refractivity contribution in [2.45, 2.75) is 19.8 Å². The van der Waals surface area contributed by atoms with Crippen LogP contribution in [0.1, 0.15) is 28.7 Å². The summed E-state index contributed by atoms with van der Waals surface area (Å²) in [7, 11) is 0. The van der Waals surface area contributed by atoms with Gasteiger partial charge in [-0.15, -0.1) is 10.2 Å². The smallest absolute Gasteiger partial charge is 0.259 e. The molecule has 0 atom stereocenters. The molecule has 0 radical (unpaired) electrons. The first kappa shape index (κ1) is 19.6. The van der Waals surface area contributed by atoms with Gasteiger partial charge in [0.2, 0.25) is 5.13 Å². The van der Waals surface area contributed by atoms with Crippen LogP contribution in [0, 0.1) is 0 Å². The van der Waals surface area contributed by atoms with Gasteiger partial charge in [-0.3, -0.25) is 10.1 Å². The minimum absolute atomic E-state index is 0.266. The second kappa shape index (κ2) is 9.23. The molecule has 2 N–H and O–H groups in total. The molecule has 152 valence electrons. The molecule has 0 aliphatic carbocycles. The number of aromatic nitrogens is 5. The molecule has 1 aromatic carbocycles. The Labute approximate surface area is 176 Å². The third-order valence-electron chi connectivity index (χ3n) is 4.31. The third kappa shape index (κ3) is 4.84. The lowest BCUT2D eigenvalue weighted by molar-refractivity contribution is 0.102. The van der Waals surface area contributed by atoms with Crippen molar-refractivity contribution >= 4 is 28.2 Å². The van der Waals surface area contributed by atoms with Crippen molar-refractivity contribution in [1.82, 2.24) is 25.3 Å². The van der Waals surface area contributed by atoms with Gasteiger partial charge in [-0.2, -0.15) is 4.98 Å². The third-order valence-corrected chi connectivity index (χ3v) is 4.92. The van der Waals surface area contributed by atoms with Crippen LogP contribution in [0.5, 0.6) is 0 Å². The fourth-order valence-electron chi connectivity index (χ4n) is 2.69. The predicted octanol–water partition coefficient (Wildman–Crippen LogP) is 3.45. The van der Waals surface area contributed by atoms with Crippen LogP contribution in [0.2, 0.25) is 0 Å². The van der Waals surface area contributed by atoms with Gasteiger partial charge in [-0.05, 0) is 36.2 Å². The van der Waals surface area contributed by atoms with Crippen LogP contribution >= 0.6 is 11.3 Å². The van der Waals surface area contributed by atoms with Gasteiger partial charge in [0.25, 0.3) is 11.8 Å². The molecule has 3 heterocycles. The van der Waals surface area contributed by atoms with Crippen molar-refractivity contribution in [3.8, 4) is 11.5 Å². The maximum atomic E-state index is 12.1. The van der Waals surface area contributed by atoms with Gasteiger partial charge in [0.1, 0.15) is 11.3 Å². The molecule has 0 fully saturated rings. The minimum Gasteiger partial charge on any atom is -0.370 e. The molecule has 0 unspecified atom stereocenters. The van der Waals surface area contributed by atoms with E-state index in [0.717, 1.165) is 18.4 Å². The Hall–Kier alpha value is -3.66. The van der Waals surface area contributed by atoms with Crippen molar-refractivity contribution < 1.29 is 9.32 Å². The van der Waals surface area contributed by atoms with Gasteiger partial charge in [-0.1, -0.05) is 35.5 Å². The number of nitrogens with one attached hydrogen (secondary N) is 2. The number of aryl methyl sites for hydroxylation is 1. The maximum absolute atomic E-state index is 12.1. The van der Waals surface area contributed by atoms with Crippen LogP contribution in [0.25, 0.3) is 11.5 Å². The first-order chi connectivity index (χ1) is 14.7. The number of hydrogen-bond acceptors (Lipinski definition) is 9. The normalized spacial score (nSPS) is 10.7. The van der Waals surface area contributed by atoms with E-state index in [0.29, 0.717) is 34.8 Å². The number of carbonyl (C=O) groups excluding carboxylic acids is 1. The standard InChI is InChI=1S/C20H19N7O2S/c1-2-16-24-19(29-27-16)14-5-3-13(4-6-14)9-10-21-17-8-7-15(11-22-17)18(28)25-20-26-23-12-30-20/h3-8,11-12H,2,9-10H2,1H3,(H,21,22)(H,25,26,28). The molecule has 0 saturated carbocycles. The average molecular weight is 421 g/mol. The van der Waals surface area contributed by atoms with E-state index in [4.69, 9.17) is 4.52 Å². The van der Waals surface area contributed by atoms with E-state index in [1.165, 1.54) is 23.1 Å². The molecule has 9 nitrogen and oxygen atoms in total. The fraction of sp³-hybridized carbons (Fsp3) is 0.200. The number of carbonyl (C=O) groups is 1. The Balaban J connectivity index is 1.27. The second-order valence-electron chi connectivity index (χ2n) is 6.37. The second-order valence-corrected chi connectivity index (χ2v) is 7.21. The van der Waals surface area contributed by atoms with Gasteiger partial charge in [0.05, 0.1) is 5.56 Å². The van der Waals surface area contributed by atoms with Crippen molar-refractivity contribution in [1.29, 1.82) is 0 Å². The summed E-state index contributed by atoms with van der Waals surface area (Å²) in [5, 5.41) is 17.8. The monoisotopic (exact) mass is 421 g/mol. The van der Waals surface area contributed by atoms with Crippen molar-refractivity contribution in [2.75, 3.05) is 17.2 Å². The summed E-state index contributed by atoms with van der Waals surface area (Å²) in [5.41, 5.74) is 4.10. The molecule has 3 aromatic heterocycles. The van der Waals surface area contributed by atoms with Crippen LogP contribution in [0.3, 0.4) is 0 Å². The molecular formula is C20H19N7O2S. The maximum Gasteiger partial charge on any atom is 0.259 e. The molecule has 0 saturated heterocycles. The number of amides is 1. The average Bonchev–Trinajstić information content (AvgIpc) is 3.47. The Bertz CT molecular complexity index is 1090. The number of nitrogens with zero attached hydrogens (tertiary/aromatic N) is 5. The Morgan fingerprint density at radius 3 is 2.70 bits per heavy atom. The molecule has 0 spiro atoms. The lowest BCUT2D eigenvalue weighted by Crippen LogP contribution is -2.13. The quantitative estimate of drug-likeness (QED) is 0.444. The van der Waals surface area contributed by atoms with E-state index < -0.39 is 0 Å². The molecular weight excluding hydrogens is 402 g/mol. The zero-order chi connectivity index (χ0) is 20.8. The fourth-order valence-corrected chi connectivity index (χ4v) is 3.13. The SMILES string of the molecule is CCc1noc(-c2ccc(CCNc3ccc(C(=O)Nc4nncs4)cn3)cc2)n1. The highest BCUT2D eigenvalue weighted by Gasteiger charge is 2.09. The van der Waals surface area contributed by atoms with Crippen molar-refractivity contribution in [3.05, 3.63) is 65.1 Å². The summed E-state index contributed by atoms with van der Waals surface area (Å²) < 4.78 is 5.26. The molecule has 4 rings (SSSR count). The first-order valence-electron chi connectivity index (χ1n) is 9.40. The zero-order valence-electron chi connectivity index (χ0n) is 16.2. The van der Waals surface area contributed by atoms with E-state index in [2.05, 4.69) is 36.0 Å². The Morgan fingerprint density at radius 2 is 2.03 bits per heavy atom. The van der Waals surface area contributed by atoms with Crippen LogP contribution in [-0.4, -0.2) is 37.8 Å². The number of pyridine rings is 1. The van der Waals surface area contributed by atoms with E-state index in [1.807, 2.05) is 31.2 Å². The van der Waals surface area contributed by atoms with E-state index >= 15 is 0 Å². The Kier molecular flexibility index (Phi) is 6.04. The molecule has 0 bridgehead atoms. The van der Waals surface area contributed by atoms with Crippen LogP contribution in [0.4, 0.5) is 10.9 Å². The van der Waals surface area contributed by atoms with Gasteiger partial charge in [0.15, 0.2) is 5.82 Å². The van der Waals surface area contributed by atoms with E-state index in [9.17, 15) is 4.79 Å². The lowest BCUT2D eigenvalue weighted by Gasteiger charge is -2.07. The molecule has 0 aliphatic heterocycles. The van der Waals surface area contributed by atoms with Crippen LogP contribution in [0.15, 0.2) is 52.6 Å². The summed E-state index contributed by atoms with van der Waals surface area (Å²) in [4.78, 5) is 20.8. The molecule has 4 aromatic rings. The van der Waals surface area contributed by atoms with E-state index in [-0.39, 0.29) is 5.91 Å². The predicted molar refractivity (Wildman–Crippen MR) is 113 cm³/mol. The van der Waals surface area contributed by atoms with Crippen molar-refractivity contribution in [3.63, 3.8) is 0 Å². The Morgan fingerprint density at radius 1 is 1.17 bits per heavy atom. The highest BCUT2D eigenvalue weighted by Crippen LogP contribution is 2.18. The van der Waals surface area contributed by atoms with Gasteiger partial charge in [0, 0.05) is 24.7 Å². The summed E-state index contributed by atoms with van der Waals surface area (Å²) in [6.07, 6.45) is 3.10. The largest absolute Gasteiger partial charge is 0.370 e. The lowest BCUT2D eigenvalue weighted by atomic mass is 10.1. The molecule has 10 heteroatoms. The number of anilines is 2. The van der Waals surface area contributed by atoms with Gasteiger partial charge in [-0.25, -0.2) is 4.98 Å². The minimum atomic E-state index is -0.266. The molecule has 30 heavy (non-hydrogen) atoms. The van der Waals surface area contributed by atoms with Crippen LogP contribution < -0.4 is 10.6 Å². The zero-order valence-corrected chi connectivity index (χ0v) is 17.0. The summed E-state index contributed by atoms with van der Waals surface area (Å²) in [5.74, 6) is 1.68. The molecule has 0 aliphatic rings. The van der Waals surface area contributed by atoms with Crippen molar-refractivity contribution in [2.24, 2.45) is 0 Å². The van der Waals surface area contributed by atoms with Gasteiger partial charge < -0.3 is 9.84 Å². The topological polar surface area (TPSA) is 119 Å². The molecule has 1 amide bonds. The first-order valence-corrected chi connectivity index (χ1v) is 10.3.